The van der Waals surface area contributed by atoms with E-state index in [0.717, 1.165) is 13.0 Å². The maximum absolute atomic E-state index is 3.59. The minimum atomic E-state index is 0.421. The van der Waals surface area contributed by atoms with Gasteiger partial charge in [0, 0.05) is 17.5 Å². The first-order valence-corrected chi connectivity index (χ1v) is 7.37. The van der Waals surface area contributed by atoms with Crippen molar-refractivity contribution < 1.29 is 0 Å². The number of hydrogen-bond acceptors (Lipinski definition) is 2. The lowest BCUT2D eigenvalue weighted by Gasteiger charge is -2.15. The largest absolute Gasteiger partial charge is 0.310 e. The van der Waals surface area contributed by atoms with E-state index >= 15 is 0 Å². The predicted molar refractivity (Wildman–Crippen MR) is 80.4 cm³/mol. The van der Waals surface area contributed by atoms with Gasteiger partial charge in [0.25, 0.3) is 0 Å². The summed E-state index contributed by atoms with van der Waals surface area (Å²) in [5.74, 6) is 0. The van der Waals surface area contributed by atoms with E-state index in [9.17, 15) is 0 Å². The molecule has 0 aliphatic rings. The fourth-order valence-corrected chi connectivity index (χ4v) is 2.73. The van der Waals surface area contributed by atoms with E-state index in [0.29, 0.717) is 6.04 Å². The topological polar surface area (TPSA) is 12.0 Å². The molecule has 1 atom stereocenters. The molecule has 2 heteroatoms. The maximum atomic E-state index is 3.59. The number of nitrogens with one attached hydrogen (secondary N) is 1. The van der Waals surface area contributed by atoms with Gasteiger partial charge in [0.05, 0.1) is 0 Å². The van der Waals surface area contributed by atoms with Crippen LogP contribution in [-0.4, -0.2) is 6.54 Å². The summed E-state index contributed by atoms with van der Waals surface area (Å²) < 4.78 is 0. The van der Waals surface area contributed by atoms with E-state index in [-0.39, 0.29) is 0 Å². The van der Waals surface area contributed by atoms with E-state index in [4.69, 9.17) is 0 Å². The van der Waals surface area contributed by atoms with Crippen LogP contribution in [0.2, 0.25) is 0 Å². The molecule has 0 saturated heterocycles. The average molecular weight is 259 g/mol. The second kappa shape index (κ2) is 6.17. The van der Waals surface area contributed by atoms with Crippen LogP contribution in [0.25, 0.3) is 0 Å². The van der Waals surface area contributed by atoms with E-state index < -0.39 is 0 Å². The Morgan fingerprint density at radius 3 is 2.67 bits per heavy atom. The van der Waals surface area contributed by atoms with Crippen molar-refractivity contribution in [1.29, 1.82) is 0 Å². The Bertz CT molecular complexity index is 488. The third-order valence-electron chi connectivity index (χ3n) is 3.43. The van der Waals surface area contributed by atoms with Crippen molar-refractivity contribution in [1.82, 2.24) is 5.32 Å². The second-order valence-electron chi connectivity index (χ2n) is 4.85. The first-order chi connectivity index (χ1) is 8.66. The molecule has 0 saturated carbocycles. The van der Waals surface area contributed by atoms with Crippen molar-refractivity contribution in [2.75, 3.05) is 6.54 Å². The van der Waals surface area contributed by atoms with Gasteiger partial charge >= 0.3 is 0 Å². The van der Waals surface area contributed by atoms with E-state index in [1.54, 1.807) is 0 Å². The summed E-state index contributed by atoms with van der Waals surface area (Å²) in [6.07, 6.45) is 1.12. The highest BCUT2D eigenvalue weighted by molar-refractivity contribution is 7.09. The number of aryl methyl sites for hydroxylation is 2. The highest BCUT2D eigenvalue weighted by Gasteiger charge is 2.05. The van der Waals surface area contributed by atoms with Crippen molar-refractivity contribution in [2.45, 2.75) is 33.2 Å². The van der Waals surface area contributed by atoms with Crippen LogP contribution >= 0.6 is 11.3 Å². The number of thiophene rings is 1. The Labute approximate surface area is 114 Å². The van der Waals surface area contributed by atoms with Crippen LogP contribution in [0.4, 0.5) is 0 Å². The van der Waals surface area contributed by atoms with Gasteiger partial charge in [0.2, 0.25) is 0 Å². The minimum absolute atomic E-state index is 0.421. The first kappa shape index (κ1) is 13.3. The number of benzene rings is 1. The number of rotatable bonds is 5. The summed E-state index contributed by atoms with van der Waals surface area (Å²) in [5, 5.41) is 5.73. The molecule has 0 aliphatic heterocycles. The molecular weight excluding hydrogens is 238 g/mol. The SMILES string of the molecule is Cc1ccc(C(C)NCCc2cccs2)cc1C. The molecule has 96 valence electrons. The van der Waals surface area contributed by atoms with Crippen LogP contribution in [0.5, 0.6) is 0 Å². The Kier molecular flexibility index (Phi) is 4.56. The summed E-state index contributed by atoms with van der Waals surface area (Å²) in [5.41, 5.74) is 4.12. The molecule has 0 amide bonds. The lowest BCUT2D eigenvalue weighted by Crippen LogP contribution is -2.21. The molecule has 0 bridgehead atoms. The molecule has 0 aliphatic carbocycles. The Hall–Kier alpha value is -1.12. The van der Waals surface area contributed by atoms with Gasteiger partial charge in [0.15, 0.2) is 0 Å². The monoisotopic (exact) mass is 259 g/mol. The molecule has 1 N–H and O–H groups in total. The summed E-state index contributed by atoms with van der Waals surface area (Å²) in [6, 6.07) is 11.5. The molecule has 0 fully saturated rings. The van der Waals surface area contributed by atoms with Crippen LogP contribution in [0.15, 0.2) is 35.7 Å². The average Bonchev–Trinajstić information content (AvgIpc) is 2.85. The van der Waals surface area contributed by atoms with Crippen molar-refractivity contribution in [3.8, 4) is 0 Å². The fraction of sp³-hybridized carbons (Fsp3) is 0.375. The van der Waals surface area contributed by atoms with Gasteiger partial charge in [0.1, 0.15) is 0 Å². The lowest BCUT2D eigenvalue weighted by atomic mass is 10.0. The second-order valence-corrected chi connectivity index (χ2v) is 5.88. The van der Waals surface area contributed by atoms with Gasteiger partial charge < -0.3 is 5.32 Å². The van der Waals surface area contributed by atoms with Gasteiger partial charge in [-0.25, -0.2) is 0 Å². The fourth-order valence-electron chi connectivity index (χ4n) is 2.02. The van der Waals surface area contributed by atoms with Crippen molar-refractivity contribution >= 4 is 11.3 Å². The van der Waals surface area contributed by atoms with Gasteiger partial charge in [-0.2, -0.15) is 0 Å². The van der Waals surface area contributed by atoms with Gasteiger partial charge in [-0.15, -0.1) is 11.3 Å². The molecule has 1 heterocycles. The molecule has 18 heavy (non-hydrogen) atoms. The van der Waals surface area contributed by atoms with E-state index in [2.05, 4.69) is 61.8 Å². The minimum Gasteiger partial charge on any atom is -0.310 e. The molecule has 1 nitrogen and oxygen atoms in total. The van der Waals surface area contributed by atoms with Crippen molar-refractivity contribution in [2.24, 2.45) is 0 Å². The smallest absolute Gasteiger partial charge is 0.0292 e. The highest BCUT2D eigenvalue weighted by atomic mass is 32.1. The zero-order chi connectivity index (χ0) is 13.0. The quantitative estimate of drug-likeness (QED) is 0.846. The summed E-state index contributed by atoms with van der Waals surface area (Å²) in [7, 11) is 0. The standard InChI is InChI=1S/C16H21NS/c1-12-6-7-15(11-13(12)2)14(3)17-9-8-16-5-4-10-18-16/h4-7,10-11,14,17H,8-9H2,1-3H3. The summed E-state index contributed by atoms with van der Waals surface area (Å²) >= 11 is 1.83. The Morgan fingerprint density at radius 1 is 1.17 bits per heavy atom. The Morgan fingerprint density at radius 2 is 2.00 bits per heavy atom. The molecule has 1 unspecified atom stereocenters. The molecule has 2 aromatic rings. The predicted octanol–water partition coefficient (Wildman–Crippen LogP) is 4.26. The summed E-state index contributed by atoms with van der Waals surface area (Å²) in [4.78, 5) is 1.45. The van der Waals surface area contributed by atoms with Gasteiger partial charge in [-0.05, 0) is 55.3 Å². The Balaban J connectivity index is 1.87. The molecule has 0 radical (unpaired) electrons. The first-order valence-electron chi connectivity index (χ1n) is 6.50. The van der Waals surface area contributed by atoms with Crippen LogP contribution in [0, 0.1) is 13.8 Å². The van der Waals surface area contributed by atoms with Crippen LogP contribution < -0.4 is 5.32 Å². The van der Waals surface area contributed by atoms with E-state index in [1.807, 2.05) is 11.3 Å². The highest BCUT2D eigenvalue weighted by Crippen LogP contribution is 2.17. The third kappa shape index (κ3) is 3.44. The molecular formula is C16H21NS. The van der Waals surface area contributed by atoms with Crippen molar-refractivity contribution in [3.63, 3.8) is 0 Å². The summed E-state index contributed by atoms with van der Waals surface area (Å²) in [6.45, 7) is 7.61. The van der Waals surface area contributed by atoms with E-state index in [1.165, 1.54) is 21.6 Å². The van der Waals surface area contributed by atoms with Crippen LogP contribution in [-0.2, 0) is 6.42 Å². The maximum Gasteiger partial charge on any atom is 0.0292 e. The lowest BCUT2D eigenvalue weighted by molar-refractivity contribution is 0.578. The third-order valence-corrected chi connectivity index (χ3v) is 4.37. The molecule has 1 aromatic heterocycles. The zero-order valence-electron chi connectivity index (χ0n) is 11.4. The van der Waals surface area contributed by atoms with Gasteiger partial charge in [-0.3, -0.25) is 0 Å². The molecule has 0 spiro atoms. The van der Waals surface area contributed by atoms with Crippen LogP contribution in [0.3, 0.4) is 0 Å². The van der Waals surface area contributed by atoms with Crippen LogP contribution in [0.1, 0.15) is 34.5 Å². The zero-order valence-corrected chi connectivity index (χ0v) is 12.2. The molecule has 1 aromatic carbocycles. The number of hydrogen-bond donors (Lipinski definition) is 1. The van der Waals surface area contributed by atoms with Crippen molar-refractivity contribution in [3.05, 3.63) is 57.3 Å². The molecule has 2 rings (SSSR count). The van der Waals surface area contributed by atoms with Gasteiger partial charge in [-0.1, -0.05) is 24.3 Å². The normalized spacial score (nSPS) is 12.6.